The Bertz CT molecular complexity index is 320. The van der Waals surface area contributed by atoms with Crippen molar-refractivity contribution in [1.29, 1.82) is 0 Å². The SMILES string of the molecule is C=C[C@H](O)c1ccc(OC)c(OC)c1. The standard InChI is InChI=1S/C11H14O3/c1-4-9(12)8-5-6-10(13-2)11(7-8)14-3/h4-7,9,12H,1H2,2-3H3/t9-/m0/s1. The maximum absolute atomic E-state index is 9.50. The molecule has 0 saturated carbocycles. The molecule has 0 radical (unpaired) electrons. The van der Waals surface area contributed by atoms with Crippen LogP contribution in [0.1, 0.15) is 11.7 Å². The lowest BCUT2D eigenvalue weighted by molar-refractivity contribution is 0.228. The predicted octanol–water partition coefficient (Wildman–Crippen LogP) is 1.92. The van der Waals surface area contributed by atoms with Crippen molar-refractivity contribution < 1.29 is 14.6 Å². The molecule has 1 atom stereocenters. The first kappa shape index (κ1) is 10.6. The second-order valence-electron chi connectivity index (χ2n) is 2.79. The quantitative estimate of drug-likeness (QED) is 0.744. The molecule has 1 rings (SSSR count). The maximum Gasteiger partial charge on any atom is 0.161 e. The van der Waals surface area contributed by atoms with Crippen molar-refractivity contribution in [2.45, 2.75) is 6.10 Å². The third kappa shape index (κ3) is 2.06. The van der Waals surface area contributed by atoms with Gasteiger partial charge in [0.15, 0.2) is 11.5 Å². The Morgan fingerprint density at radius 2 is 1.93 bits per heavy atom. The van der Waals surface area contributed by atoms with Crippen LogP contribution in [-0.2, 0) is 0 Å². The molecule has 0 heterocycles. The van der Waals surface area contributed by atoms with Crippen LogP contribution in [0.3, 0.4) is 0 Å². The molecular formula is C11H14O3. The molecule has 0 aliphatic rings. The van der Waals surface area contributed by atoms with E-state index >= 15 is 0 Å². The van der Waals surface area contributed by atoms with E-state index in [1.165, 1.54) is 6.08 Å². The van der Waals surface area contributed by atoms with Gasteiger partial charge in [-0.05, 0) is 17.7 Å². The van der Waals surface area contributed by atoms with Crippen LogP contribution in [-0.4, -0.2) is 19.3 Å². The third-order valence-electron chi connectivity index (χ3n) is 1.97. The van der Waals surface area contributed by atoms with Gasteiger partial charge in [0, 0.05) is 0 Å². The molecule has 0 bridgehead atoms. The van der Waals surface area contributed by atoms with Gasteiger partial charge in [0.05, 0.1) is 20.3 Å². The molecule has 0 aliphatic carbocycles. The first-order chi connectivity index (χ1) is 6.72. The van der Waals surface area contributed by atoms with E-state index in [-0.39, 0.29) is 0 Å². The summed E-state index contributed by atoms with van der Waals surface area (Å²) in [5, 5.41) is 9.50. The van der Waals surface area contributed by atoms with Crippen LogP contribution < -0.4 is 9.47 Å². The molecule has 0 spiro atoms. The molecular weight excluding hydrogens is 180 g/mol. The molecule has 0 unspecified atom stereocenters. The minimum absolute atomic E-state index is 0.603. The molecule has 0 saturated heterocycles. The van der Waals surface area contributed by atoms with E-state index in [1.807, 2.05) is 0 Å². The molecule has 3 heteroatoms. The lowest BCUT2D eigenvalue weighted by Crippen LogP contribution is -1.96. The number of hydrogen-bond acceptors (Lipinski definition) is 3. The van der Waals surface area contributed by atoms with Crippen molar-refractivity contribution in [3.63, 3.8) is 0 Å². The highest BCUT2D eigenvalue weighted by Gasteiger charge is 2.08. The van der Waals surface area contributed by atoms with E-state index in [0.717, 1.165) is 5.56 Å². The lowest BCUT2D eigenvalue weighted by Gasteiger charge is -2.11. The van der Waals surface area contributed by atoms with Crippen molar-refractivity contribution in [3.8, 4) is 11.5 Å². The average molecular weight is 194 g/mol. The van der Waals surface area contributed by atoms with E-state index in [0.29, 0.717) is 11.5 Å². The van der Waals surface area contributed by atoms with Gasteiger partial charge in [-0.15, -0.1) is 6.58 Å². The summed E-state index contributed by atoms with van der Waals surface area (Å²) in [4.78, 5) is 0. The van der Waals surface area contributed by atoms with Gasteiger partial charge < -0.3 is 14.6 Å². The first-order valence-electron chi connectivity index (χ1n) is 4.25. The molecule has 0 aliphatic heterocycles. The number of rotatable bonds is 4. The van der Waals surface area contributed by atoms with Crippen molar-refractivity contribution in [3.05, 3.63) is 36.4 Å². The molecule has 0 aromatic heterocycles. The third-order valence-corrected chi connectivity index (χ3v) is 1.97. The van der Waals surface area contributed by atoms with Crippen LogP contribution in [0.4, 0.5) is 0 Å². The van der Waals surface area contributed by atoms with Crippen molar-refractivity contribution in [2.75, 3.05) is 14.2 Å². The predicted molar refractivity (Wildman–Crippen MR) is 54.7 cm³/mol. The van der Waals surface area contributed by atoms with Crippen LogP contribution in [0.5, 0.6) is 11.5 Å². The summed E-state index contributed by atoms with van der Waals surface area (Å²) in [6, 6.07) is 5.25. The smallest absolute Gasteiger partial charge is 0.161 e. The van der Waals surface area contributed by atoms with Crippen LogP contribution in [0, 0.1) is 0 Å². The Hall–Kier alpha value is -1.48. The number of aliphatic hydroxyl groups excluding tert-OH is 1. The van der Waals surface area contributed by atoms with E-state index in [2.05, 4.69) is 6.58 Å². The monoisotopic (exact) mass is 194 g/mol. The second kappa shape index (κ2) is 4.67. The molecule has 76 valence electrons. The molecule has 0 amide bonds. The number of benzene rings is 1. The Morgan fingerprint density at radius 3 is 2.43 bits per heavy atom. The summed E-state index contributed by atoms with van der Waals surface area (Å²) in [5.41, 5.74) is 0.734. The summed E-state index contributed by atoms with van der Waals surface area (Å²) >= 11 is 0. The molecule has 1 aromatic rings. The average Bonchev–Trinajstić information content (AvgIpc) is 2.26. The normalized spacial score (nSPS) is 11.9. The first-order valence-corrected chi connectivity index (χ1v) is 4.25. The molecule has 1 aromatic carbocycles. The van der Waals surface area contributed by atoms with E-state index < -0.39 is 6.10 Å². The van der Waals surface area contributed by atoms with E-state index in [4.69, 9.17) is 9.47 Å². The van der Waals surface area contributed by atoms with Crippen molar-refractivity contribution in [2.24, 2.45) is 0 Å². The van der Waals surface area contributed by atoms with Crippen LogP contribution in [0.25, 0.3) is 0 Å². The molecule has 1 N–H and O–H groups in total. The fraction of sp³-hybridized carbons (Fsp3) is 0.273. The van der Waals surface area contributed by atoms with Crippen LogP contribution in [0.2, 0.25) is 0 Å². The van der Waals surface area contributed by atoms with Gasteiger partial charge in [-0.3, -0.25) is 0 Å². The highest BCUT2D eigenvalue weighted by molar-refractivity contribution is 5.44. The summed E-state index contributed by atoms with van der Waals surface area (Å²) in [7, 11) is 3.13. The number of aliphatic hydroxyl groups is 1. The van der Waals surface area contributed by atoms with Gasteiger partial charge >= 0.3 is 0 Å². The van der Waals surface area contributed by atoms with Crippen molar-refractivity contribution in [1.82, 2.24) is 0 Å². The fourth-order valence-electron chi connectivity index (χ4n) is 1.17. The van der Waals surface area contributed by atoms with Crippen LogP contribution in [0.15, 0.2) is 30.9 Å². The number of hydrogen-bond donors (Lipinski definition) is 1. The van der Waals surface area contributed by atoms with E-state index in [9.17, 15) is 5.11 Å². The lowest BCUT2D eigenvalue weighted by atomic mass is 10.1. The minimum atomic E-state index is -0.671. The molecule has 3 nitrogen and oxygen atoms in total. The van der Waals surface area contributed by atoms with Gasteiger partial charge in [0.1, 0.15) is 0 Å². The van der Waals surface area contributed by atoms with Crippen molar-refractivity contribution >= 4 is 0 Å². The Kier molecular flexibility index (Phi) is 3.54. The summed E-state index contributed by atoms with van der Waals surface area (Å²) in [5.74, 6) is 1.25. The Balaban J connectivity index is 3.06. The second-order valence-corrected chi connectivity index (χ2v) is 2.79. The summed E-state index contributed by atoms with van der Waals surface area (Å²) in [6.45, 7) is 3.51. The zero-order valence-corrected chi connectivity index (χ0v) is 8.36. The van der Waals surface area contributed by atoms with E-state index in [1.54, 1.807) is 32.4 Å². The summed E-state index contributed by atoms with van der Waals surface area (Å²) < 4.78 is 10.2. The summed E-state index contributed by atoms with van der Waals surface area (Å²) in [6.07, 6.45) is 0.788. The van der Waals surface area contributed by atoms with Gasteiger partial charge in [-0.25, -0.2) is 0 Å². The molecule has 0 fully saturated rings. The Morgan fingerprint density at radius 1 is 1.29 bits per heavy atom. The topological polar surface area (TPSA) is 38.7 Å². The largest absolute Gasteiger partial charge is 0.493 e. The fourth-order valence-corrected chi connectivity index (χ4v) is 1.17. The van der Waals surface area contributed by atoms with Crippen LogP contribution >= 0.6 is 0 Å². The highest BCUT2D eigenvalue weighted by Crippen LogP contribution is 2.29. The Labute approximate surface area is 83.6 Å². The van der Waals surface area contributed by atoms with Gasteiger partial charge in [0.2, 0.25) is 0 Å². The zero-order chi connectivity index (χ0) is 10.6. The number of ether oxygens (including phenoxy) is 2. The highest BCUT2D eigenvalue weighted by atomic mass is 16.5. The van der Waals surface area contributed by atoms with Gasteiger partial charge in [-0.1, -0.05) is 12.1 Å². The maximum atomic E-state index is 9.50. The van der Waals surface area contributed by atoms with Gasteiger partial charge in [0.25, 0.3) is 0 Å². The zero-order valence-electron chi connectivity index (χ0n) is 8.36. The minimum Gasteiger partial charge on any atom is -0.493 e. The number of methoxy groups -OCH3 is 2. The molecule has 14 heavy (non-hydrogen) atoms. The van der Waals surface area contributed by atoms with Gasteiger partial charge in [-0.2, -0.15) is 0 Å².